The Bertz CT molecular complexity index is 790. The van der Waals surface area contributed by atoms with Gasteiger partial charge in [0.15, 0.2) is 0 Å². The van der Waals surface area contributed by atoms with Crippen LogP contribution >= 0.6 is 0 Å². The van der Waals surface area contributed by atoms with Gasteiger partial charge in [-0.05, 0) is 42.0 Å². The summed E-state index contributed by atoms with van der Waals surface area (Å²) in [5.74, 6) is 0.704. The van der Waals surface area contributed by atoms with Crippen molar-refractivity contribution in [3.63, 3.8) is 0 Å². The molecule has 0 saturated heterocycles. The van der Waals surface area contributed by atoms with E-state index < -0.39 is 0 Å². The van der Waals surface area contributed by atoms with Crippen LogP contribution in [0.5, 0.6) is 5.75 Å². The van der Waals surface area contributed by atoms with Gasteiger partial charge in [0.25, 0.3) is 0 Å². The largest absolute Gasteiger partial charge is 0.489 e. The fourth-order valence-corrected chi connectivity index (χ4v) is 2.04. The Morgan fingerprint density at radius 1 is 1.05 bits per heavy atom. The summed E-state index contributed by atoms with van der Waals surface area (Å²) in [5.41, 5.74) is 2.65. The summed E-state index contributed by atoms with van der Waals surface area (Å²) in [5, 5.41) is 9.95. The van der Waals surface area contributed by atoms with E-state index in [0.29, 0.717) is 17.9 Å². The predicted molar refractivity (Wildman–Crippen MR) is 77.2 cm³/mol. The lowest BCUT2D eigenvalue weighted by Crippen LogP contribution is -1.95. The number of fused-ring (bicyclic) bond motifs is 1. The molecule has 1 heterocycles. The Morgan fingerprint density at radius 2 is 2.00 bits per heavy atom. The molecule has 0 aliphatic rings. The van der Waals surface area contributed by atoms with Crippen molar-refractivity contribution in [1.29, 1.82) is 5.26 Å². The second-order valence-corrected chi connectivity index (χ2v) is 4.46. The highest BCUT2D eigenvalue weighted by atomic mass is 16.5. The van der Waals surface area contributed by atoms with Crippen molar-refractivity contribution >= 4 is 10.9 Å². The maximum Gasteiger partial charge on any atom is 0.121 e. The van der Waals surface area contributed by atoms with Gasteiger partial charge in [0.2, 0.25) is 0 Å². The van der Waals surface area contributed by atoms with Gasteiger partial charge in [-0.2, -0.15) is 5.26 Å². The third kappa shape index (κ3) is 2.60. The number of benzene rings is 2. The Morgan fingerprint density at radius 3 is 2.90 bits per heavy atom. The number of hydrogen-bond donors (Lipinski definition) is 0. The van der Waals surface area contributed by atoms with Crippen molar-refractivity contribution in [3.05, 3.63) is 71.9 Å². The average molecular weight is 260 g/mol. The fraction of sp³-hybridized carbons (Fsp3) is 0.0588. The molecular formula is C17H12N2O. The molecule has 3 nitrogen and oxygen atoms in total. The third-order valence-electron chi connectivity index (χ3n) is 3.04. The number of rotatable bonds is 3. The van der Waals surface area contributed by atoms with Crippen LogP contribution in [0.25, 0.3) is 10.9 Å². The van der Waals surface area contributed by atoms with Crippen LogP contribution in [0.3, 0.4) is 0 Å². The fourth-order valence-electron chi connectivity index (χ4n) is 2.04. The van der Waals surface area contributed by atoms with Crippen molar-refractivity contribution in [2.24, 2.45) is 0 Å². The molecule has 20 heavy (non-hydrogen) atoms. The van der Waals surface area contributed by atoms with E-state index in [1.54, 1.807) is 18.3 Å². The SMILES string of the molecule is N#Cc1cccc(OCc2ccc3ncccc3c2)c1. The summed E-state index contributed by atoms with van der Waals surface area (Å²) < 4.78 is 5.71. The average Bonchev–Trinajstić information content (AvgIpc) is 2.53. The van der Waals surface area contributed by atoms with E-state index in [1.807, 2.05) is 36.4 Å². The summed E-state index contributed by atoms with van der Waals surface area (Å²) in [4.78, 5) is 4.29. The van der Waals surface area contributed by atoms with Crippen molar-refractivity contribution in [1.82, 2.24) is 4.98 Å². The molecule has 0 bridgehead atoms. The first-order chi connectivity index (χ1) is 9.85. The number of aromatic nitrogens is 1. The van der Waals surface area contributed by atoms with E-state index in [2.05, 4.69) is 17.1 Å². The summed E-state index contributed by atoms with van der Waals surface area (Å²) in [6.07, 6.45) is 1.78. The molecule has 0 atom stereocenters. The highest BCUT2D eigenvalue weighted by Gasteiger charge is 2.00. The Kier molecular flexibility index (Phi) is 3.30. The second-order valence-electron chi connectivity index (χ2n) is 4.46. The first-order valence-corrected chi connectivity index (χ1v) is 6.32. The van der Waals surface area contributed by atoms with Gasteiger partial charge in [-0.3, -0.25) is 4.98 Å². The van der Waals surface area contributed by atoms with Crippen molar-refractivity contribution in [2.75, 3.05) is 0 Å². The molecule has 0 unspecified atom stereocenters. The zero-order valence-electron chi connectivity index (χ0n) is 10.8. The number of pyridine rings is 1. The van der Waals surface area contributed by atoms with E-state index in [1.165, 1.54) is 0 Å². The summed E-state index contributed by atoms with van der Waals surface area (Å²) >= 11 is 0. The zero-order chi connectivity index (χ0) is 13.8. The lowest BCUT2D eigenvalue weighted by Gasteiger charge is -2.07. The van der Waals surface area contributed by atoms with Gasteiger partial charge in [-0.25, -0.2) is 0 Å². The van der Waals surface area contributed by atoms with Gasteiger partial charge in [0.1, 0.15) is 12.4 Å². The molecule has 3 aromatic rings. The highest BCUT2D eigenvalue weighted by Crippen LogP contribution is 2.17. The topological polar surface area (TPSA) is 45.9 Å². The number of ether oxygens (including phenoxy) is 1. The standard InChI is InChI=1S/C17H12N2O/c18-11-13-3-1-5-16(10-13)20-12-14-6-7-17-15(9-14)4-2-8-19-17/h1-10H,12H2. The Labute approximate surface area is 117 Å². The molecule has 3 heteroatoms. The van der Waals surface area contributed by atoms with Gasteiger partial charge in [-0.1, -0.05) is 18.2 Å². The van der Waals surface area contributed by atoms with Crippen LogP contribution in [0.1, 0.15) is 11.1 Å². The minimum atomic E-state index is 0.472. The normalized spacial score (nSPS) is 10.2. The molecule has 0 spiro atoms. The van der Waals surface area contributed by atoms with E-state index >= 15 is 0 Å². The van der Waals surface area contributed by atoms with E-state index in [4.69, 9.17) is 10.00 Å². The zero-order valence-corrected chi connectivity index (χ0v) is 10.8. The monoisotopic (exact) mass is 260 g/mol. The lowest BCUT2D eigenvalue weighted by molar-refractivity contribution is 0.306. The van der Waals surface area contributed by atoms with Crippen LogP contribution in [0, 0.1) is 11.3 Å². The van der Waals surface area contributed by atoms with Crippen molar-refractivity contribution in [3.8, 4) is 11.8 Å². The van der Waals surface area contributed by atoms with Crippen LogP contribution < -0.4 is 4.74 Å². The summed E-state index contributed by atoms with van der Waals surface area (Å²) in [6.45, 7) is 0.472. The molecule has 1 aromatic heterocycles. The van der Waals surface area contributed by atoms with E-state index in [0.717, 1.165) is 16.5 Å². The molecule has 96 valence electrons. The van der Waals surface area contributed by atoms with E-state index in [9.17, 15) is 0 Å². The van der Waals surface area contributed by atoms with Gasteiger partial charge in [0.05, 0.1) is 17.1 Å². The molecular weight excluding hydrogens is 248 g/mol. The molecule has 0 amide bonds. The molecule has 0 fully saturated rings. The molecule has 0 aliphatic heterocycles. The van der Waals surface area contributed by atoms with Crippen LogP contribution in [0.2, 0.25) is 0 Å². The van der Waals surface area contributed by atoms with Crippen LogP contribution in [-0.2, 0) is 6.61 Å². The highest BCUT2D eigenvalue weighted by molar-refractivity contribution is 5.78. The second kappa shape index (κ2) is 5.41. The molecule has 0 saturated carbocycles. The van der Waals surface area contributed by atoms with Crippen LogP contribution in [-0.4, -0.2) is 4.98 Å². The minimum absolute atomic E-state index is 0.472. The van der Waals surface area contributed by atoms with Crippen molar-refractivity contribution in [2.45, 2.75) is 6.61 Å². The van der Waals surface area contributed by atoms with Gasteiger partial charge in [-0.15, -0.1) is 0 Å². The first-order valence-electron chi connectivity index (χ1n) is 6.32. The lowest BCUT2D eigenvalue weighted by atomic mass is 10.1. The summed E-state index contributed by atoms with van der Waals surface area (Å²) in [6, 6.07) is 19.3. The number of nitrogens with zero attached hydrogens (tertiary/aromatic N) is 2. The van der Waals surface area contributed by atoms with Crippen LogP contribution in [0.15, 0.2) is 60.8 Å². The van der Waals surface area contributed by atoms with E-state index in [-0.39, 0.29) is 0 Å². The Hall–Kier alpha value is -2.86. The smallest absolute Gasteiger partial charge is 0.121 e. The predicted octanol–water partition coefficient (Wildman–Crippen LogP) is 3.69. The third-order valence-corrected chi connectivity index (χ3v) is 3.04. The molecule has 0 radical (unpaired) electrons. The van der Waals surface area contributed by atoms with Gasteiger partial charge >= 0.3 is 0 Å². The van der Waals surface area contributed by atoms with Crippen molar-refractivity contribution < 1.29 is 4.74 Å². The van der Waals surface area contributed by atoms with Crippen LogP contribution in [0.4, 0.5) is 0 Å². The van der Waals surface area contributed by atoms with Gasteiger partial charge in [0, 0.05) is 11.6 Å². The molecule has 3 rings (SSSR count). The Balaban J connectivity index is 1.78. The summed E-state index contributed by atoms with van der Waals surface area (Å²) in [7, 11) is 0. The quantitative estimate of drug-likeness (QED) is 0.721. The molecule has 2 aromatic carbocycles. The number of hydrogen-bond acceptors (Lipinski definition) is 3. The minimum Gasteiger partial charge on any atom is -0.489 e. The van der Waals surface area contributed by atoms with Gasteiger partial charge < -0.3 is 4.74 Å². The molecule has 0 N–H and O–H groups in total. The maximum absolute atomic E-state index is 8.85. The number of nitriles is 1. The molecule has 0 aliphatic carbocycles. The first kappa shape index (κ1) is 12.2. The maximum atomic E-state index is 8.85.